The summed E-state index contributed by atoms with van der Waals surface area (Å²) in [6.45, 7) is 6.10. The number of alkyl halides is 3. The summed E-state index contributed by atoms with van der Waals surface area (Å²) in [6, 6.07) is -1.70. The monoisotopic (exact) mass is 591 g/mol. The minimum atomic E-state index is -4.92. The van der Waals surface area contributed by atoms with Crippen LogP contribution in [0, 0.1) is 17.5 Å². The number of hydrogen-bond donors (Lipinski definition) is 3. The molecule has 0 spiro atoms. The zero-order chi connectivity index (χ0) is 30.7. The van der Waals surface area contributed by atoms with Crippen LogP contribution in [0.15, 0.2) is 28.5 Å². The largest absolute Gasteiger partial charge is 0.444 e. The van der Waals surface area contributed by atoms with Crippen LogP contribution in [0.4, 0.5) is 31.1 Å². The summed E-state index contributed by atoms with van der Waals surface area (Å²) in [5.74, 6) is -6.18. The molecular formula is C26H31F6N5O4+. The summed E-state index contributed by atoms with van der Waals surface area (Å²) < 4.78 is 88.3. The maximum Gasteiger partial charge on any atom is 0.439 e. The number of halogens is 6. The third-order valence-electron chi connectivity index (χ3n) is 6.05. The van der Waals surface area contributed by atoms with Gasteiger partial charge in [-0.2, -0.15) is 18.2 Å². The molecule has 2 heterocycles. The van der Waals surface area contributed by atoms with Gasteiger partial charge in [0.15, 0.2) is 17.4 Å². The predicted octanol–water partition coefficient (Wildman–Crippen LogP) is 3.32. The molecule has 2 unspecified atom stereocenters. The molecule has 3 rings (SSSR count). The molecule has 3 N–H and O–H groups in total. The fourth-order valence-electron chi connectivity index (χ4n) is 4.36. The molecule has 2 aliphatic heterocycles. The number of fused-ring (bicyclic) bond motifs is 1. The van der Waals surface area contributed by atoms with Crippen LogP contribution in [0.5, 0.6) is 0 Å². The van der Waals surface area contributed by atoms with Crippen LogP contribution < -0.4 is 20.9 Å². The molecule has 2 amide bonds. The van der Waals surface area contributed by atoms with E-state index in [-0.39, 0.29) is 25.2 Å². The van der Waals surface area contributed by atoms with E-state index in [4.69, 9.17) is 4.74 Å². The topological polar surface area (TPSA) is 115 Å². The van der Waals surface area contributed by atoms with Crippen LogP contribution in [0.25, 0.3) is 0 Å². The number of ketones is 1. The highest BCUT2D eigenvalue weighted by Crippen LogP contribution is 2.35. The Morgan fingerprint density at radius 3 is 2.39 bits per heavy atom. The number of piperazine rings is 1. The van der Waals surface area contributed by atoms with Crippen molar-refractivity contribution in [1.82, 2.24) is 20.9 Å². The number of alkyl carbamates (subject to hydrolysis) is 1. The van der Waals surface area contributed by atoms with E-state index < -0.39 is 89.2 Å². The fourth-order valence-corrected chi connectivity index (χ4v) is 4.36. The number of amides is 2. The second kappa shape index (κ2) is 12.6. The molecule has 9 nitrogen and oxygen atoms in total. The van der Waals surface area contributed by atoms with E-state index in [1.165, 1.54) is 0 Å². The second-order valence-electron chi connectivity index (χ2n) is 10.6. The van der Waals surface area contributed by atoms with Crippen molar-refractivity contribution in [2.24, 2.45) is 4.99 Å². The van der Waals surface area contributed by atoms with E-state index in [2.05, 4.69) is 20.9 Å². The second-order valence-corrected chi connectivity index (χ2v) is 10.6. The van der Waals surface area contributed by atoms with E-state index in [0.717, 1.165) is 4.90 Å². The van der Waals surface area contributed by atoms with Crippen molar-refractivity contribution in [3.8, 4) is 0 Å². The molecule has 2 atom stereocenters. The van der Waals surface area contributed by atoms with Gasteiger partial charge in [0.25, 0.3) is 0 Å². The lowest BCUT2D eigenvalue weighted by Gasteiger charge is -2.27. The zero-order valence-electron chi connectivity index (χ0n) is 22.8. The summed E-state index contributed by atoms with van der Waals surface area (Å²) in [4.78, 5) is 43.3. The number of allylic oxidation sites excluding steroid dienone is 1. The van der Waals surface area contributed by atoms with Crippen molar-refractivity contribution >= 4 is 23.6 Å². The first-order valence-corrected chi connectivity index (χ1v) is 12.8. The Bertz CT molecular complexity index is 1260. The van der Waals surface area contributed by atoms with Crippen LogP contribution in [-0.4, -0.2) is 67.1 Å². The zero-order valence-corrected chi connectivity index (χ0v) is 22.8. The van der Waals surface area contributed by atoms with Gasteiger partial charge in [0, 0.05) is 25.1 Å². The third kappa shape index (κ3) is 8.06. The number of nitrogens with one attached hydrogen (secondary N) is 3. The Hall–Kier alpha value is -3.46. The minimum absolute atomic E-state index is 0.154. The van der Waals surface area contributed by atoms with Crippen molar-refractivity contribution in [3.05, 3.63) is 46.5 Å². The number of carbonyl (C=O) groups excluding carboxylic acids is 3. The summed E-state index contributed by atoms with van der Waals surface area (Å²) >= 11 is 0. The maximum absolute atomic E-state index is 14.4. The Kier molecular flexibility index (Phi) is 9.85. The lowest BCUT2D eigenvalue weighted by molar-refractivity contribution is -0.122. The van der Waals surface area contributed by atoms with Gasteiger partial charge in [-0.25, -0.2) is 18.0 Å². The van der Waals surface area contributed by atoms with Gasteiger partial charge in [0.1, 0.15) is 11.4 Å². The average molecular weight is 592 g/mol. The quantitative estimate of drug-likeness (QED) is 0.232. The van der Waals surface area contributed by atoms with Gasteiger partial charge in [0.2, 0.25) is 17.4 Å². The molecule has 1 radical (unpaired) electrons. The number of benzene rings is 1. The summed E-state index contributed by atoms with van der Waals surface area (Å²) in [5.41, 5.74) is -3.06. The van der Waals surface area contributed by atoms with Crippen LogP contribution >= 0.6 is 0 Å². The van der Waals surface area contributed by atoms with Crippen molar-refractivity contribution in [3.63, 3.8) is 0 Å². The molecule has 1 fully saturated rings. The van der Waals surface area contributed by atoms with Crippen molar-refractivity contribution < 1.29 is 45.5 Å². The molecule has 41 heavy (non-hydrogen) atoms. The molecular weight excluding hydrogens is 560 g/mol. The Balaban J connectivity index is 1.93. The number of rotatable bonds is 9. The standard InChI is InChI=1S/C26H31F6N5O4/c1-5-6-34-23(39)22-36-21(26(30,31)32)19-12-33-11-18(37(19)22)20(38)9-14(35-24(40)41-25(2,3)4)7-13-8-16(28)17(29)10-15(13)27/h8,10,14,18,33H,5-7,9,11-12H2,1-4H3,(H,34,39)(H,35,40)/q+1. The summed E-state index contributed by atoms with van der Waals surface area (Å²) in [5, 5.41) is 7.58. The predicted molar refractivity (Wildman–Crippen MR) is 135 cm³/mol. The third-order valence-corrected chi connectivity index (χ3v) is 6.05. The number of nitrogens with zero attached hydrogens (tertiary/aromatic N) is 2. The van der Waals surface area contributed by atoms with Crippen molar-refractivity contribution in [2.45, 2.75) is 70.8 Å². The van der Waals surface area contributed by atoms with Gasteiger partial charge >= 0.3 is 24.0 Å². The molecule has 1 aromatic carbocycles. The van der Waals surface area contributed by atoms with Gasteiger partial charge in [-0.05, 0) is 45.2 Å². The number of carbonyl (C=O) groups is 3. The summed E-state index contributed by atoms with van der Waals surface area (Å²) in [7, 11) is 0. The first-order valence-electron chi connectivity index (χ1n) is 12.8. The highest BCUT2D eigenvalue weighted by Gasteiger charge is 2.57. The lowest BCUT2D eigenvalue weighted by atomic mass is 9.95. The van der Waals surface area contributed by atoms with Gasteiger partial charge in [-0.3, -0.25) is 9.59 Å². The Morgan fingerprint density at radius 2 is 1.78 bits per heavy atom. The maximum atomic E-state index is 14.4. The number of aliphatic imine (C=N–C) groups is 1. The van der Waals surface area contributed by atoms with Crippen LogP contribution in [-0.2, 0) is 20.7 Å². The molecule has 0 bridgehead atoms. The smallest absolute Gasteiger partial charge is 0.439 e. The average Bonchev–Trinajstić information content (AvgIpc) is 3.25. The molecule has 2 aliphatic rings. The van der Waals surface area contributed by atoms with Gasteiger partial charge in [-0.15, -0.1) is 0 Å². The van der Waals surface area contributed by atoms with Crippen LogP contribution in [0.1, 0.15) is 46.1 Å². The van der Waals surface area contributed by atoms with Crippen molar-refractivity contribution in [1.29, 1.82) is 0 Å². The molecule has 0 aliphatic carbocycles. The number of ether oxygens (including phenoxy) is 1. The summed E-state index contributed by atoms with van der Waals surface area (Å²) in [6.07, 6.45) is -6.49. The molecule has 0 aromatic heterocycles. The molecule has 225 valence electrons. The van der Waals surface area contributed by atoms with E-state index in [1.807, 2.05) is 0 Å². The number of hydrogen-bond acceptors (Lipinski definition) is 7. The van der Waals surface area contributed by atoms with Gasteiger partial charge in [0.05, 0.1) is 13.1 Å². The molecule has 0 saturated carbocycles. The number of Topliss-reactive ketones (excluding diaryl/α,β-unsaturated/α-hetero) is 1. The lowest BCUT2D eigenvalue weighted by Crippen LogP contribution is -2.61. The van der Waals surface area contributed by atoms with E-state index in [9.17, 15) is 40.7 Å². The van der Waals surface area contributed by atoms with E-state index >= 15 is 0 Å². The molecule has 15 heteroatoms. The SMILES string of the molecule is CCCNC(=O)C1=NC(C(F)(F)F)=C2CNCC(C(=O)CC(Cc3cc(F)c(F)cc3F)NC(=O)OC(C)(C)C)[N+]12. The van der Waals surface area contributed by atoms with Gasteiger partial charge < -0.3 is 20.7 Å². The van der Waals surface area contributed by atoms with Crippen LogP contribution in [0.2, 0.25) is 0 Å². The first-order chi connectivity index (χ1) is 19.0. The normalized spacial score (nSPS) is 18.5. The van der Waals surface area contributed by atoms with Crippen molar-refractivity contribution in [2.75, 3.05) is 19.6 Å². The van der Waals surface area contributed by atoms with E-state index in [1.54, 1.807) is 27.7 Å². The Labute approximate surface area is 232 Å². The Morgan fingerprint density at radius 1 is 1.12 bits per heavy atom. The first kappa shape index (κ1) is 32.1. The molecule has 1 saturated heterocycles. The highest BCUT2D eigenvalue weighted by molar-refractivity contribution is 6.40. The molecule has 1 aromatic rings. The van der Waals surface area contributed by atoms with Crippen LogP contribution in [0.3, 0.4) is 0 Å². The number of amidine groups is 1. The van der Waals surface area contributed by atoms with E-state index in [0.29, 0.717) is 18.6 Å². The highest BCUT2D eigenvalue weighted by atomic mass is 19.4. The minimum Gasteiger partial charge on any atom is -0.444 e. The van der Waals surface area contributed by atoms with Gasteiger partial charge in [-0.1, -0.05) is 11.8 Å². The fraction of sp³-hybridized carbons (Fsp3) is 0.538.